The molecule has 0 unspecified atom stereocenters. The lowest BCUT2D eigenvalue weighted by molar-refractivity contribution is -0.207. The zero-order chi connectivity index (χ0) is 29.3. The molecule has 1 aromatic carbocycles. The number of carbonyl (C=O) groups is 1. The van der Waals surface area contributed by atoms with Gasteiger partial charge in [0, 0.05) is 31.4 Å². The number of pyridine rings is 2. The molecule has 2 aliphatic carbocycles. The van der Waals surface area contributed by atoms with Crippen molar-refractivity contribution < 1.29 is 40.3 Å². The summed E-state index contributed by atoms with van der Waals surface area (Å²) in [7, 11) is 0. The van der Waals surface area contributed by atoms with Crippen LogP contribution < -0.4 is 15.6 Å². The van der Waals surface area contributed by atoms with Gasteiger partial charge in [-0.3, -0.25) is 14.2 Å². The van der Waals surface area contributed by atoms with E-state index in [9.17, 15) is 35.9 Å². The maximum absolute atomic E-state index is 15.3. The van der Waals surface area contributed by atoms with E-state index in [-0.39, 0.29) is 57.8 Å². The standard InChI is InChI=1S/C27H23F7N4O3/c28-15-9-18(29)21(19(30)10-15)38-12-17(25(40)36-26(13-1-2-13,14-3-4-14)27(32,33)34)22(39)16-11-20(31)24(35-23(16)38)37-5-7-41-8-6-37/h9-14H,1-8H2,(H,36,40). The summed E-state index contributed by atoms with van der Waals surface area (Å²) >= 11 is 0. The van der Waals surface area contributed by atoms with Crippen molar-refractivity contribution in [1.29, 1.82) is 0 Å². The summed E-state index contributed by atoms with van der Waals surface area (Å²) in [5.41, 5.74) is -6.10. The van der Waals surface area contributed by atoms with Crippen molar-refractivity contribution in [2.24, 2.45) is 11.8 Å². The second-order valence-electron chi connectivity index (χ2n) is 10.6. The number of benzene rings is 1. The zero-order valence-corrected chi connectivity index (χ0v) is 21.3. The van der Waals surface area contributed by atoms with Crippen LogP contribution in [0.4, 0.5) is 36.6 Å². The normalized spacial score (nSPS) is 18.2. The lowest BCUT2D eigenvalue weighted by Gasteiger charge is -2.37. The van der Waals surface area contributed by atoms with Gasteiger partial charge in [-0.15, -0.1) is 0 Å². The Balaban J connectivity index is 1.56. The van der Waals surface area contributed by atoms with Crippen molar-refractivity contribution in [2.45, 2.75) is 37.4 Å². The minimum absolute atomic E-state index is 0.210. The first-order chi connectivity index (χ1) is 19.4. The molecule has 0 spiro atoms. The molecule has 1 saturated heterocycles. The highest BCUT2D eigenvalue weighted by Gasteiger charge is 2.69. The number of carbonyl (C=O) groups excluding carboxylic acids is 1. The maximum Gasteiger partial charge on any atom is 0.412 e. The molecule has 0 radical (unpaired) electrons. The molecule has 7 nitrogen and oxygen atoms in total. The number of aromatic nitrogens is 2. The molecule has 2 aromatic heterocycles. The van der Waals surface area contributed by atoms with Gasteiger partial charge in [0.1, 0.15) is 22.6 Å². The van der Waals surface area contributed by atoms with E-state index in [2.05, 4.69) is 4.98 Å². The monoisotopic (exact) mass is 584 g/mol. The highest BCUT2D eigenvalue weighted by Crippen LogP contribution is 2.58. The molecule has 2 saturated carbocycles. The van der Waals surface area contributed by atoms with E-state index in [4.69, 9.17) is 4.74 Å². The molecular weight excluding hydrogens is 561 g/mol. The largest absolute Gasteiger partial charge is 0.412 e. The van der Waals surface area contributed by atoms with Crippen LogP contribution in [0, 0.1) is 35.1 Å². The van der Waals surface area contributed by atoms with Crippen LogP contribution in [0.25, 0.3) is 16.7 Å². The summed E-state index contributed by atoms with van der Waals surface area (Å²) < 4.78 is 108. The highest BCUT2D eigenvalue weighted by molar-refractivity contribution is 5.98. The summed E-state index contributed by atoms with van der Waals surface area (Å²) in [6, 6.07) is 1.42. The Kier molecular flexibility index (Phi) is 6.51. The molecule has 218 valence electrons. The molecular formula is C27H23F7N4O3. The van der Waals surface area contributed by atoms with Crippen LogP contribution in [-0.4, -0.2) is 53.5 Å². The van der Waals surface area contributed by atoms with Crippen molar-refractivity contribution >= 4 is 22.8 Å². The van der Waals surface area contributed by atoms with Crippen LogP contribution in [0.15, 0.2) is 29.2 Å². The van der Waals surface area contributed by atoms with E-state index < -0.39 is 80.4 Å². The fraction of sp³-hybridized carbons (Fsp3) is 0.444. The predicted molar refractivity (Wildman–Crippen MR) is 132 cm³/mol. The first-order valence-corrected chi connectivity index (χ1v) is 13.0. The number of morpholine rings is 1. The Morgan fingerprint density at radius 3 is 2.05 bits per heavy atom. The van der Waals surface area contributed by atoms with Crippen LogP contribution in [-0.2, 0) is 4.74 Å². The number of hydrogen-bond acceptors (Lipinski definition) is 5. The van der Waals surface area contributed by atoms with Crippen LogP contribution in [0.1, 0.15) is 36.0 Å². The van der Waals surface area contributed by atoms with Gasteiger partial charge in [-0.25, -0.2) is 22.5 Å². The third-order valence-corrected chi connectivity index (χ3v) is 7.92. The Morgan fingerprint density at radius 2 is 1.51 bits per heavy atom. The third-order valence-electron chi connectivity index (χ3n) is 7.92. The number of nitrogens with one attached hydrogen (secondary N) is 1. The second kappa shape index (κ2) is 9.71. The molecule has 3 aliphatic rings. The Morgan fingerprint density at radius 1 is 0.927 bits per heavy atom. The number of halogens is 7. The summed E-state index contributed by atoms with van der Waals surface area (Å²) in [5.74, 6) is -8.62. The van der Waals surface area contributed by atoms with Crippen LogP contribution in [0.3, 0.4) is 0 Å². The molecule has 6 rings (SSSR count). The molecule has 0 bridgehead atoms. The number of rotatable bonds is 6. The average Bonchev–Trinajstić information content (AvgIpc) is 3.81. The Hall–Kier alpha value is -3.68. The second-order valence-corrected chi connectivity index (χ2v) is 10.6. The number of anilines is 1. The van der Waals surface area contributed by atoms with Gasteiger partial charge < -0.3 is 15.0 Å². The summed E-state index contributed by atoms with van der Waals surface area (Å²) in [6.07, 6.45) is -3.27. The van der Waals surface area contributed by atoms with Gasteiger partial charge >= 0.3 is 6.18 Å². The van der Waals surface area contributed by atoms with Crippen LogP contribution in [0.5, 0.6) is 0 Å². The maximum atomic E-state index is 15.3. The quantitative estimate of drug-likeness (QED) is 0.428. The number of hydrogen-bond donors (Lipinski definition) is 1. The number of alkyl halides is 3. The molecule has 14 heteroatoms. The summed E-state index contributed by atoms with van der Waals surface area (Å²) in [5, 5.41) is 1.44. The van der Waals surface area contributed by atoms with E-state index >= 15 is 4.39 Å². The van der Waals surface area contributed by atoms with Crippen molar-refractivity contribution in [3.8, 4) is 5.69 Å². The lowest BCUT2D eigenvalue weighted by Crippen LogP contribution is -2.62. The van der Waals surface area contributed by atoms with Gasteiger partial charge in [0.05, 0.1) is 18.6 Å². The topological polar surface area (TPSA) is 76.5 Å². The van der Waals surface area contributed by atoms with E-state index in [1.807, 2.05) is 5.32 Å². The van der Waals surface area contributed by atoms with Crippen molar-refractivity contribution in [3.05, 3.63) is 63.5 Å². The first kappa shape index (κ1) is 27.5. The molecule has 0 atom stereocenters. The fourth-order valence-electron chi connectivity index (χ4n) is 5.71. The van der Waals surface area contributed by atoms with Crippen molar-refractivity contribution in [1.82, 2.24) is 14.9 Å². The Bertz CT molecular complexity index is 1570. The summed E-state index contributed by atoms with van der Waals surface area (Å²) in [6.45, 7) is 0.882. The van der Waals surface area contributed by atoms with Crippen LogP contribution >= 0.6 is 0 Å². The smallest absolute Gasteiger partial charge is 0.378 e. The van der Waals surface area contributed by atoms with Gasteiger partial charge in [0.2, 0.25) is 5.43 Å². The third kappa shape index (κ3) is 4.61. The van der Waals surface area contributed by atoms with Crippen molar-refractivity contribution in [2.75, 3.05) is 31.2 Å². The van der Waals surface area contributed by atoms with Gasteiger partial charge in [0.25, 0.3) is 5.91 Å². The molecule has 1 amide bonds. The molecule has 3 fully saturated rings. The lowest BCUT2D eigenvalue weighted by atomic mass is 9.86. The van der Waals surface area contributed by atoms with Gasteiger partial charge in [0.15, 0.2) is 28.9 Å². The number of ether oxygens (including phenoxy) is 1. The van der Waals surface area contributed by atoms with Crippen molar-refractivity contribution in [3.63, 3.8) is 0 Å². The van der Waals surface area contributed by atoms with Gasteiger partial charge in [-0.1, -0.05) is 0 Å². The van der Waals surface area contributed by atoms with Gasteiger partial charge in [-0.05, 0) is 43.6 Å². The highest BCUT2D eigenvalue weighted by atomic mass is 19.4. The van der Waals surface area contributed by atoms with E-state index in [1.165, 1.54) is 4.90 Å². The fourth-order valence-corrected chi connectivity index (χ4v) is 5.71. The Labute approximate surface area is 227 Å². The molecule has 3 heterocycles. The van der Waals surface area contributed by atoms with Crippen LogP contribution in [0.2, 0.25) is 0 Å². The number of amides is 1. The minimum Gasteiger partial charge on any atom is -0.378 e. The average molecular weight is 584 g/mol. The number of fused-ring (bicyclic) bond motifs is 1. The van der Waals surface area contributed by atoms with E-state index in [1.54, 1.807) is 0 Å². The molecule has 1 aliphatic heterocycles. The number of nitrogens with zero attached hydrogens (tertiary/aromatic N) is 3. The molecule has 41 heavy (non-hydrogen) atoms. The molecule has 3 aromatic rings. The van der Waals surface area contributed by atoms with Gasteiger partial charge in [-0.2, -0.15) is 13.2 Å². The van der Waals surface area contributed by atoms with E-state index in [0.29, 0.717) is 22.9 Å². The zero-order valence-electron chi connectivity index (χ0n) is 21.3. The van der Waals surface area contributed by atoms with E-state index in [0.717, 1.165) is 6.07 Å². The molecule has 1 N–H and O–H groups in total. The summed E-state index contributed by atoms with van der Waals surface area (Å²) in [4.78, 5) is 32.5. The first-order valence-electron chi connectivity index (χ1n) is 13.0. The predicted octanol–water partition coefficient (Wildman–Crippen LogP) is 4.63. The minimum atomic E-state index is -4.84. The SMILES string of the molecule is O=C(NC(C1CC1)(C1CC1)C(F)(F)F)c1cn(-c2c(F)cc(F)cc2F)c2nc(N3CCOCC3)c(F)cc2c1=O.